The van der Waals surface area contributed by atoms with Crippen molar-refractivity contribution in [2.24, 2.45) is 0 Å². The summed E-state index contributed by atoms with van der Waals surface area (Å²) in [7, 11) is 3.67. The Morgan fingerprint density at radius 3 is 1.00 bits per heavy atom. The smallest absolute Gasteiger partial charge is 0.226 e. The summed E-state index contributed by atoms with van der Waals surface area (Å²) in [6, 6.07) is 0. The van der Waals surface area contributed by atoms with Crippen LogP contribution in [-0.2, 0) is 9.59 Å². The standard InChI is InChI=1S/C32H56N2O2/c1-5-7-25-29-33(3)31(35)27-23-21-19-17-15-13-11-9-10-12-14-16-18-20-22-24-28-32(36)34(4)30-26-8-6-2/h5-6,25-26,29-30H,1-2,7-24,27-28H2,3-4H3/b29-25+,30-26+. The molecule has 4 nitrogen and oxygen atoms in total. The number of carbonyl (C=O) groups excluding carboxylic acids is 2. The molecule has 0 radical (unpaired) electrons. The molecule has 4 heteroatoms. The zero-order valence-electron chi connectivity index (χ0n) is 23.7. The molecule has 0 N–H and O–H groups in total. The number of allylic oxidation sites excluding steroid dienone is 4. The Balaban J connectivity index is 3.34. The van der Waals surface area contributed by atoms with Gasteiger partial charge in [0, 0.05) is 39.3 Å². The van der Waals surface area contributed by atoms with E-state index < -0.39 is 0 Å². The van der Waals surface area contributed by atoms with Gasteiger partial charge in [0.05, 0.1) is 0 Å². The van der Waals surface area contributed by atoms with E-state index in [1.54, 1.807) is 9.80 Å². The third kappa shape index (κ3) is 22.4. The second-order valence-corrected chi connectivity index (χ2v) is 9.98. The number of unbranched alkanes of at least 4 members (excludes halogenated alkanes) is 15. The summed E-state index contributed by atoms with van der Waals surface area (Å²) in [5.74, 6) is 0.414. The first-order valence-electron chi connectivity index (χ1n) is 14.6. The molecule has 0 aliphatic rings. The molecule has 0 saturated carbocycles. The number of carbonyl (C=O) groups is 2. The molecule has 2 amide bonds. The molecule has 0 aromatic carbocycles. The maximum Gasteiger partial charge on any atom is 0.226 e. The molecule has 0 heterocycles. The first-order chi connectivity index (χ1) is 17.5. The number of rotatable bonds is 25. The average Bonchev–Trinajstić information content (AvgIpc) is 2.87. The van der Waals surface area contributed by atoms with Crippen LogP contribution in [0.15, 0.2) is 49.9 Å². The Labute approximate surface area is 223 Å². The van der Waals surface area contributed by atoms with Gasteiger partial charge in [-0.3, -0.25) is 9.59 Å². The fraction of sp³-hybridized carbons (Fsp3) is 0.688. The summed E-state index contributed by atoms with van der Waals surface area (Å²) in [5, 5.41) is 0. The highest BCUT2D eigenvalue weighted by Crippen LogP contribution is 2.15. The normalized spacial score (nSPS) is 11.3. The van der Waals surface area contributed by atoms with Crippen molar-refractivity contribution in [3.63, 3.8) is 0 Å². The van der Waals surface area contributed by atoms with Gasteiger partial charge in [-0.2, -0.15) is 0 Å². The second kappa shape index (κ2) is 26.0. The van der Waals surface area contributed by atoms with Gasteiger partial charge in [0.15, 0.2) is 0 Å². The van der Waals surface area contributed by atoms with Crippen LogP contribution in [0.5, 0.6) is 0 Å². The molecule has 36 heavy (non-hydrogen) atoms. The van der Waals surface area contributed by atoms with Gasteiger partial charge in [0.2, 0.25) is 11.8 Å². The van der Waals surface area contributed by atoms with Crippen molar-refractivity contribution in [2.75, 3.05) is 14.1 Å². The number of nitrogens with zero attached hydrogens (tertiary/aromatic N) is 2. The molecule has 0 rings (SSSR count). The Hall–Kier alpha value is -2.10. The fourth-order valence-electron chi connectivity index (χ4n) is 4.18. The van der Waals surface area contributed by atoms with Gasteiger partial charge in [-0.05, 0) is 25.7 Å². The molecule has 0 aliphatic carbocycles. The predicted molar refractivity (Wildman–Crippen MR) is 157 cm³/mol. The molecule has 0 aromatic heterocycles. The molecule has 0 atom stereocenters. The Morgan fingerprint density at radius 2 is 0.750 bits per heavy atom. The molecule has 0 aliphatic heterocycles. The van der Waals surface area contributed by atoms with Crippen molar-refractivity contribution in [3.05, 3.63) is 49.9 Å². The minimum absolute atomic E-state index is 0.207. The minimum Gasteiger partial charge on any atom is -0.322 e. The van der Waals surface area contributed by atoms with Crippen molar-refractivity contribution in [1.82, 2.24) is 9.80 Å². The highest BCUT2D eigenvalue weighted by molar-refractivity contribution is 5.77. The molecule has 0 saturated heterocycles. The summed E-state index contributed by atoms with van der Waals surface area (Å²) in [5.41, 5.74) is 0. The van der Waals surface area contributed by atoms with Crippen LogP contribution in [0.2, 0.25) is 0 Å². The SMILES string of the molecule is C=CC/C=C/N(C)C(=O)CCCCCCCCCCCCCCCCCCC(=O)N(C)/C=C/CC=C. The van der Waals surface area contributed by atoms with Crippen LogP contribution in [0.1, 0.15) is 128 Å². The van der Waals surface area contributed by atoms with E-state index in [1.807, 2.05) is 50.8 Å². The zero-order valence-corrected chi connectivity index (χ0v) is 23.7. The Morgan fingerprint density at radius 1 is 0.500 bits per heavy atom. The lowest BCUT2D eigenvalue weighted by Crippen LogP contribution is -2.20. The van der Waals surface area contributed by atoms with E-state index in [0.717, 1.165) is 38.5 Å². The summed E-state index contributed by atoms with van der Waals surface area (Å²) in [4.78, 5) is 27.4. The highest BCUT2D eigenvalue weighted by Gasteiger charge is 2.05. The third-order valence-electron chi connectivity index (χ3n) is 6.58. The van der Waals surface area contributed by atoms with Crippen molar-refractivity contribution in [3.8, 4) is 0 Å². The lowest BCUT2D eigenvalue weighted by atomic mass is 10.0. The van der Waals surface area contributed by atoms with Gasteiger partial charge in [0.25, 0.3) is 0 Å². The Bertz CT molecular complexity index is 570. The summed E-state index contributed by atoms with van der Waals surface area (Å²) in [6.07, 6.45) is 34.5. The number of hydrogen-bond acceptors (Lipinski definition) is 2. The van der Waals surface area contributed by atoms with Crippen molar-refractivity contribution >= 4 is 11.8 Å². The van der Waals surface area contributed by atoms with Gasteiger partial charge in [-0.25, -0.2) is 0 Å². The van der Waals surface area contributed by atoms with Gasteiger partial charge in [-0.1, -0.05) is 114 Å². The van der Waals surface area contributed by atoms with E-state index in [-0.39, 0.29) is 11.8 Å². The molecule has 206 valence electrons. The summed E-state index contributed by atoms with van der Waals surface area (Å²) >= 11 is 0. The molecular formula is C32H56N2O2. The van der Waals surface area contributed by atoms with Crippen molar-refractivity contribution < 1.29 is 9.59 Å². The van der Waals surface area contributed by atoms with E-state index in [4.69, 9.17) is 0 Å². The van der Waals surface area contributed by atoms with Crippen molar-refractivity contribution in [1.29, 1.82) is 0 Å². The van der Waals surface area contributed by atoms with Crippen LogP contribution in [0.3, 0.4) is 0 Å². The van der Waals surface area contributed by atoms with E-state index in [0.29, 0.717) is 12.8 Å². The Kier molecular flexibility index (Phi) is 24.5. The zero-order chi connectivity index (χ0) is 26.7. The monoisotopic (exact) mass is 500 g/mol. The maximum absolute atomic E-state index is 12.0. The van der Waals surface area contributed by atoms with Gasteiger partial charge in [-0.15, -0.1) is 13.2 Å². The van der Waals surface area contributed by atoms with Gasteiger partial charge in [0.1, 0.15) is 0 Å². The highest BCUT2D eigenvalue weighted by atomic mass is 16.2. The second-order valence-electron chi connectivity index (χ2n) is 9.98. The van der Waals surface area contributed by atoms with Crippen LogP contribution >= 0.6 is 0 Å². The largest absolute Gasteiger partial charge is 0.322 e. The summed E-state index contributed by atoms with van der Waals surface area (Å²) in [6.45, 7) is 7.35. The van der Waals surface area contributed by atoms with Crippen LogP contribution in [0, 0.1) is 0 Å². The lowest BCUT2D eigenvalue weighted by Gasteiger charge is -2.11. The van der Waals surface area contributed by atoms with Crippen molar-refractivity contribution in [2.45, 2.75) is 128 Å². The van der Waals surface area contributed by atoms with Crippen LogP contribution < -0.4 is 0 Å². The molecule has 0 fully saturated rings. The fourth-order valence-corrected chi connectivity index (χ4v) is 4.18. The molecular weight excluding hydrogens is 444 g/mol. The maximum atomic E-state index is 12.0. The number of hydrogen-bond donors (Lipinski definition) is 0. The van der Waals surface area contributed by atoms with E-state index in [2.05, 4.69) is 13.2 Å². The van der Waals surface area contributed by atoms with E-state index in [1.165, 1.54) is 77.0 Å². The minimum atomic E-state index is 0.207. The number of amides is 2. The average molecular weight is 501 g/mol. The third-order valence-corrected chi connectivity index (χ3v) is 6.58. The van der Waals surface area contributed by atoms with E-state index >= 15 is 0 Å². The first kappa shape index (κ1) is 33.9. The molecule has 0 spiro atoms. The summed E-state index contributed by atoms with van der Waals surface area (Å²) < 4.78 is 0. The molecule has 0 bridgehead atoms. The van der Waals surface area contributed by atoms with Crippen LogP contribution in [-0.4, -0.2) is 35.7 Å². The molecule has 0 unspecified atom stereocenters. The van der Waals surface area contributed by atoms with Crippen LogP contribution in [0.4, 0.5) is 0 Å². The lowest BCUT2D eigenvalue weighted by molar-refractivity contribution is -0.128. The molecule has 0 aromatic rings. The van der Waals surface area contributed by atoms with Gasteiger partial charge < -0.3 is 9.80 Å². The topological polar surface area (TPSA) is 40.6 Å². The van der Waals surface area contributed by atoms with Crippen LogP contribution in [0.25, 0.3) is 0 Å². The predicted octanol–water partition coefficient (Wildman–Crippen LogP) is 9.10. The van der Waals surface area contributed by atoms with Gasteiger partial charge >= 0.3 is 0 Å². The first-order valence-corrected chi connectivity index (χ1v) is 14.6. The van der Waals surface area contributed by atoms with E-state index in [9.17, 15) is 9.59 Å². The quantitative estimate of drug-likeness (QED) is 0.0926.